The quantitative estimate of drug-likeness (QED) is 0.614. The van der Waals surface area contributed by atoms with Crippen molar-refractivity contribution in [3.8, 4) is 0 Å². The average Bonchev–Trinajstić information content (AvgIpc) is 3.14. The number of hydrogen-bond donors (Lipinski definition) is 0. The van der Waals surface area contributed by atoms with Crippen molar-refractivity contribution in [3.63, 3.8) is 0 Å². The molecule has 5 aliphatic rings. The number of carbonyl (C=O) groups excluding carboxylic acids is 2. The second-order valence-electron chi connectivity index (χ2n) is 11.9. The molecule has 2 nitrogen and oxygen atoms in total. The van der Waals surface area contributed by atoms with E-state index in [2.05, 4.69) is 27.7 Å². The van der Waals surface area contributed by atoms with Crippen LogP contribution in [0.1, 0.15) is 92.4 Å². The first kappa shape index (κ1) is 17.4. The molecule has 0 N–H and O–H groups in total. The number of hydrogen-bond acceptors (Lipinski definition) is 2. The Bertz CT molecular complexity index is 707. The van der Waals surface area contributed by atoms with Crippen molar-refractivity contribution in [2.75, 3.05) is 0 Å². The Morgan fingerprint density at radius 1 is 0.846 bits per heavy atom. The van der Waals surface area contributed by atoms with E-state index in [1.807, 2.05) is 6.92 Å². The molecule has 0 aromatic heterocycles. The Kier molecular flexibility index (Phi) is 3.13. The number of fused-ring (bicyclic) bond motifs is 2. The minimum Gasteiger partial charge on any atom is -0.300 e. The Morgan fingerprint density at radius 2 is 1.50 bits per heavy atom. The minimum atomic E-state index is -0.119. The lowest BCUT2D eigenvalue weighted by Gasteiger charge is -2.62. The van der Waals surface area contributed by atoms with Crippen molar-refractivity contribution in [2.45, 2.75) is 92.4 Å². The molecule has 0 radical (unpaired) electrons. The van der Waals surface area contributed by atoms with Crippen LogP contribution in [-0.4, -0.2) is 11.6 Å². The second kappa shape index (κ2) is 4.66. The number of rotatable bonds is 1. The molecule has 2 heteroatoms. The highest BCUT2D eigenvalue weighted by Crippen LogP contribution is 2.88. The summed E-state index contributed by atoms with van der Waals surface area (Å²) in [6, 6.07) is 0. The maximum atomic E-state index is 12.7. The lowest BCUT2D eigenvalue weighted by molar-refractivity contribution is -0.158. The monoisotopic (exact) mass is 356 g/mol. The van der Waals surface area contributed by atoms with Gasteiger partial charge in [-0.25, -0.2) is 0 Å². The highest BCUT2D eigenvalue weighted by Gasteiger charge is 2.82. The molecule has 0 bridgehead atoms. The summed E-state index contributed by atoms with van der Waals surface area (Å²) in [5.41, 5.74) is 1.35. The summed E-state index contributed by atoms with van der Waals surface area (Å²) in [4.78, 5) is 25.1. The predicted octanol–water partition coefficient (Wildman–Crippen LogP) is 5.58. The summed E-state index contributed by atoms with van der Waals surface area (Å²) in [5, 5.41) is 0. The van der Waals surface area contributed by atoms with Crippen LogP contribution in [0.2, 0.25) is 0 Å². The zero-order valence-electron chi connectivity index (χ0n) is 17.4. The van der Waals surface area contributed by atoms with Crippen LogP contribution in [0, 0.1) is 44.8 Å². The lowest BCUT2D eigenvalue weighted by atomic mass is 9.42. The van der Waals surface area contributed by atoms with Crippen molar-refractivity contribution in [3.05, 3.63) is 0 Å². The topological polar surface area (TPSA) is 34.1 Å². The molecule has 0 aromatic rings. The van der Waals surface area contributed by atoms with Crippen molar-refractivity contribution < 1.29 is 9.59 Å². The fourth-order valence-electron chi connectivity index (χ4n) is 9.81. The van der Waals surface area contributed by atoms with Crippen LogP contribution in [0.25, 0.3) is 0 Å². The third-order valence-electron chi connectivity index (χ3n) is 11.3. The van der Waals surface area contributed by atoms with E-state index in [1.54, 1.807) is 0 Å². The summed E-state index contributed by atoms with van der Waals surface area (Å²) in [6.45, 7) is 11.3. The zero-order valence-corrected chi connectivity index (χ0v) is 17.4. The van der Waals surface area contributed by atoms with Gasteiger partial charge in [-0.3, -0.25) is 9.59 Å². The molecule has 5 saturated carbocycles. The standard InChI is InChI=1S/C24H36O2/c1-15(25)16-8-10-22(5)18-7-6-17-20(2,3)19(26)9-11-23(17)14-24(18,23)13-12-21(16,22)4/h16-18H,6-14H2,1-5H3/t16-,17?,18+,21-,22+,23-,24+/m1/s1. The molecule has 0 aromatic carbocycles. The SMILES string of the molecule is CC(=O)[C@H]1CC[C@@]2(C)[C@@H]3CCC4C(C)(C)C(=O)CC[C@@]45C[C@@]35CC[C@]12C. The normalized spacial score (nSPS) is 56.8. The molecular formula is C24H36O2. The second-order valence-corrected chi connectivity index (χ2v) is 11.9. The molecule has 26 heavy (non-hydrogen) atoms. The van der Waals surface area contributed by atoms with Crippen molar-refractivity contribution in [1.29, 1.82) is 0 Å². The molecule has 0 saturated heterocycles. The van der Waals surface area contributed by atoms with Crippen molar-refractivity contribution in [2.24, 2.45) is 44.8 Å². The highest BCUT2D eigenvalue weighted by atomic mass is 16.1. The van der Waals surface area contributed by atoms with Gasteiger partial charge in [-0.05, 0) is 91.8 Å². The molecule has 0 heterocycles. The molecule has 0 aliphatic heterocycles. The van der Waals surface area contributed by atoms with Gasteiger partial charge in [0.15, 0.2) is 0 Å². The molecule has 5 rings (SSSR count). The van der Waals surface area contributed by atoms with Crippen LogP contribution in [0.5, 0.6) is 0 Å². The lowest BCUT2D eigenvalue weighted by Crippen LogP contribution is -2.57. The summed E-state index contributed by atoms with van der Waals surface area (Å²) < 4.78 is 0. The first-order valence-electron chi connectivity index (χ1n) is 11.1. The van der Waals surface area contributed by atoms with Crippen molar-refractivity contribution in [1.82, 2.24) is 0 Å². The van der Waals surface area contributed by atoms with Crippen LogP contribution in [0.3, 0.4) is 0 Å². The van der Waals surface area contributed by atoms with Gasteiger partial charge in [0.2, 0.25) is 0 Å². The summed E-state index contributed by atoms with van der Waals surface area (Å²) in [7, 11) is 0. The van der Waals surface area contributed by atoms with E-state index in [1.165, 1.54) is 38.5 Å². The van der Waals surface area contributed by atoms with Crippen LogP contribution >= 0.6 is 0 Å². The molecule has 2 spiro atoms. The first-order valence-corrected chi connectivity index (χ1v) is 11.1. The minimum absolute atomic E-state index is 0.119. The van der Waals surface area contributed by atoms with Crippen LogP contribution in [0.15, 0.2) is 0 Å². The van der Waals surface area contributed by atoms with Gasteiger partial charge in [-0.15, -0.1) is 0 Å². The molecule has 5 fully saturated rings. The highest BCUT2D eigenvalue weighted by molar-refractivity contribution is 5.86. The van der Waals surface area contributed by atoms with Gasteiger partial charge in [0.25, 0.3) is 0 Å². The number of ketones is 2. The Hall–Kier alpha value is -0.660. The van der Waals surface area contributed by atoms with Gasteiger partial charge in [0, 0.05) is 17.8 Å². The molecule has 1 unspecified atom stereocenters. The van der Waals surface area contributed by atoms with E-state index in [4.69, 9.17) is 0 Å². The summed E-state index contributed by atoms with van der Waals surface area (Å²) in [5.74, 6) is 2.60. The summed E-state index contributed by atoms with van der Waals surface area (Å²) >= 11 is 0. The predicted molar refractivity (Wildman–Crippen MR) is 103 cm³/mol. The Morgan fingerprint density at radius 3 is 2.19 bits per heavy atom. The maximum Gasteiger partial charge on any atom is 0.138 e. The van der Waals surface area contributed by atoms with Gasteiger partial charge >= 0.3 is 0 Å². The van der Waals surface area contributed by atoms with E-state index >= 15 is 0 Å². The maximum absolute atomic E-state index is 12.7. The van der Waals surface area contributed by atoms with Gasteiger partial charge in [-0.2, -0.15) is 0 Å². The van der Waals surface area contributed by atoms with Crippen molar-refractivity contribution >= 4 is 11.6 Å². The first-order chi connectivity index (χ1) is 12.1. The number of carbonyl (C=O) groups is 2. The third kappa shape index (κ3) is 1.60. The van der Waals surface area contributed by atoms with E-state index in [-0.39, 0.29) is 16.7 Å². The Labute approximate surface area is 158 Å². The smallest absolute Gasteiger partial charge is 0.138 e. The van der Waals surface area contributed by atoms with E-state index in [0.717, 1.165) is 25.2 Å². The van der Waals surface area contributed by atoms with Gasteiger partial charge in [0.05, 0.1) is 0 Å². The van der Waals surface area contributed by atoms with Crippen LogP contribution in [0.4, 0.5) is 0 Å². The third-order valence-corrected chi connectivity index (χ3v) is 11.3. The molecule has 7 atom stereocenters. The fraction of sp³-hybridized carbons (Fsp3) is 0.917. The van der Waals surface area contributed by atoms with Gasteiger partial charge in [-0.1, -0.05) is 27.7 Å². The largest absolute Gasteiger partial charge is 0.300 e. The average molecular weight is 357 g/mol. The fourth-order valence-corrected chi connectivity index (χ4v) is 9.81. The molecular weight excluding hydrogens is 320 g/mol. The molecule has 5 aliphatic carbocycles. The molecule has 0 amide bonds. The van der Waals surface area contributed by atoms with E-state index in [9.17, 15) is 9.59 Å². The Balaban J connectivity index is 1.56. The van der Waals surface area contributed by atoms with Gasteiger partial charge < -0.3 is 0 Å². The van der Waals surface area contributed by atoms with Crippen LogP contribution < -0.4 is 0 Å². The van der Waals surface area contributed by atoms with Gasteiger partial charge in [0.1, 0.15) is 11.6 Å². The molecule has 144 valence electrons. The zero-order chi connectivity index (χ0) is 18.8. The van der Waals surface area contributed by atoms with Crippen LogP contribution in [-0.2, 0) is 9.59 Å². The van der Waals surface area contributed by atoms with E-state index < -0.39 is 0 Å². The summed E-state index contributed by atoms with van der Waals surface area (Å²) in [6.07, 6.45) is 10.8. The van der Waals surface area contributed by atoms with E-state index in [0.29, 0.717) is 33.7 Å². The number of Topliss-reactive ketones (excluding diaryl/α,β-unsaturated/α-hetero) is 2.